The molecule has 0 aromatic heterocycles. The van der Waals surface area contributed by atoms with Crippen LogP contribution in [0, 0.1) is 23.7 Å². The molecule has 2 aliphatic carbocycles. The quantitative estimate of drug-likeness (QED) is 0.686. The first-order chi connectivity index (χ1) is 7.75. The standard InChI is InChI=1S/C13H18O3/c1-2-3-4-13-11-8-5-7(6-9(8)15-13)10(11)12(14)16-13/h7-11H,2-6H2,1H3/t7-,8+,9-,10+,11-,13+/m1/s1. The molecule has 16 heavy (non-hydrogen) atoms. The van der Waals surface area contributed by atoms with Crippen molar-refractivity contribution in [3.63, 3.8) is 0 Å². The lowest BCUT2D eigenvalue weighted by Gasteiger charge is -2.27. The van der Waals surface area contributed by atoms with Gasteiger partial charge in [-0.15, -0.1) is 0 Å². The Morgan fingerprint density at radius 3 is 3.12 bits per heavy atom. The van der Waals surface area contributed by atoms with Crippen molar-refractivity contribution in [1.29, 1.82) is 0 Å². The molecule has 0 unspecified atom stereocenters. The Kier molecular flexibility index (Phi) is 1.66. The van der Waals surface area contributed by atoms with Gasteiger partial charge in [-0.3, -0.25) is 4.79 Å². The topological polar surface area (TPSA) is 35.5 Å². The molecule has 4 aliphatic rings. The molecule has 0 N–H and O–H groups in total. The zero-order valence-electron chi connectivity index (χ0n) is 9.65. The van der Waals surface area contributed by atoms with E-state index in [4.69, 9.17) is 9.47 Å². The van der Waals surface area contributed by atoms with Gasteiger partial charge in [-0.1, -0.05) is 13.3 Å². The molecular weight excluding hydrogens is 204 g/mol. The highest BCUT2D eigenvalue weighted by atomic mass is 16.7. The van der Waals surface area contributed by atoms with Crippen molar-refractivity contribution in [2.45, 2.75) is 50.9 Å². The van der Waals surface area contributed by atoms with Crippen LogP contribution in [-0.2, 0) is 14.3 Å². The molecule has 4 rings (SSSR count). The fraction of sp³-hybridized carbons (Fsp3) is 0.923. The number of carbonyl (C=O) groups excluding carboxylic acids is 1. The number of hydrogen-bond donors (Lipinski definition) is 0. The average Bonchev–Trinajstić information content (AvgIpc) is 2.88. The monoisotopic (exact) mass is 222 g/mol. The first-order valence-corrected chi connectivity index (χ1v) is 6.66. The lowest BCUT2D eigenvalue weighted by Crippen LogP contribution is -2.34. The van der Waals surface area contributed by atoms with Gasteiger partial charge in [-0.2, -0.15) is 0 Å². The molecule has 3 nitrogen and oxygen atoms in total. The van der Waals surface area contributed by atoms with Gasteiger partial charge in [0, 0.05) is 12.3 Å². The van der Waals surface area contributed by atoms with Crippen LogP contribution in [0.3, 0.4) is 0 Å². The Hall–Kier alpha value is -0.570. The summed E-state index contributed by atoms with van der Waals surface area (Å²) in [4.78, 5) is 11.9. The van der Waals surface area contributed by atoms with Crippen molar-refractivity contribution >= 4 is 5.97 Å². The lowest BCUT2D eigenvalue weighted by atomic mass is 9.77. The second kappa shape index (κ2) is 2.81. The third-order valence-corrected chi connectivity index (χ3v) is 5.23. The van der Waals surface area contributed by atoms with Gasteiger partial charge in [0.15, 0.2) is 0 Å². The van der Waals surface area contributed by atoms with E-state index in [9.17, 15) is 4.79 Å². The molecule has 0 radical (unpaired) electrons. The van der Waals surface area contributed by atoms with Gasteiger partial charge in [0.2, 0.25) is 5.79 Å². The molecule has 2 bridgehead atoms. The van der Waals surface area contributed by atoms with Crippen LogP contribution in [-0.4, -0.2) is 17.9 Å². The highest BCUT2D eigenvalue weighted by molar-refractivity contribution is 5.77. The van der Waals surface area contributed by atoms with Crippen LogP contribution in [0.4, 0.5) is 0 Å². The third kappa shape index (κ3) is 0.885. The summed E-state index contributed by atoms with van der Waals surface area (Å²) in [7, 11) is 0. The third-order valence-electron chi connectivity index (χ3n) is 5.23. The second-order valence-electron chi connectivity index (χ2n) is 5.94. The molecule has 0 spiro atoms. The first-order valence-electron chi connectivity index (χ1n) is 6.66. The van der Waals surface area contributed by atoms with Crippen LogP contribution in [0.15, 0.2) is 0 Å². The van der Waals surface area contributed by atoms with E-state index in [0.29, 0.717) is 23.9 Å². The van der Waals surface area contributed by atoms with E-state index in [2.05, 4.69) is 6.92 Å². The number of unbranched alkanes of at least 4 members (excludes halogenated alkanes) is 1. The van der Waals surface area contributed by atoms with E-state index in [1.54, 1.807) is 0 Å². The predicted octanol–water partition coefficient (Wildman–Crippen LogP) is 2.10. The number of rotatable bonds is 3. The van der Waals surface area contributed by atoms with Crippen LogP contribution in [0.2, 0.25) is 0 Å². The van der Waals surface area contributed by atoms with Crippen LogP contribution in [0.5, 0.6) is 0 Å². The molecule has 2 saturated carbocycles. The highest BCUT2D eigenvalue weighted by Gasteiger charge is 2.74. The molecule has 2 saturated heterocycles. The molecule has 4 fully saturated rings. The van der Waals surface area contributed by atoms with Gasteiger partial charge >= 0.3 is 5.97 Å². The van der Waals surface area contributed by atoms with E-state index in [-0.39, 0.29) is 11.9 Å². The molecule has 0 aromatic carbocycles. The van der Waals surface area contributed by atoms with Gasteiger partial charge in [0.05, 0.1) is 12.0 Å². The van der Waals surface area contributed by atoms with Crippen molar-refractivity contribution in [3.05, 3.63) is 0 Å². The smallest absolute Gasteiger partial charge is 0.312 e. The maximum Gasteiger partial charge on any atom is 0.312 e. The molecule has 0 amide bonds. The van der Waals surface area contributed by atoms with Crippen molar-refractivity contribution in [2.75, 3.05) is 0 Å². The van der Waals surface area contributed by atoms with Gasteiger partial charge < -0.3 is 9.47 Å². The van der Waals surface area contributed by atoms with E-state index >= 15 is 0 Å². The van der Waals surface area contributed by atoms with Gasteiger partial charge in [0.1, 0.15) is 0 Å². The summed E-state index contributed by atoms with van der Waals surface area (Å²) < 4.78 is 11.8. The summed E-state index contributed by atoms with van der Waals surface area (Å²) >= 11 is 0. The maximum absolute atomic E-state index is 11.9. The summed E-state index contributed by atoms with van der Waals surface area (Å²) in [6.45, 7) is 2.17. The normalized spacial score (nSPS) is 56.1. The Morgan fingerprint density at radius 2 is 2.31 bits per heavy atom. The minimum Gasteiger partial charge on any atom is -0.432 e. The lowest BCUT2D eigenvalue weighted by molar-refractivity contribution is -0.219. The number of fused-ring (bicyclic) bond motifs is 2. The zero-order chi connectivity index (χ0) is 10.9. The summed E-state index contributed by atoms with van der Waals surface area (Å²) in [5.41, 5.74) is 0. The SMILES string of the molecule is CCCC[C@]12OC(=O)[C@H]3[C@@H]4C[C@H]([C@H]31)[C@@H](C4)O2. The Balaban J connectivity index is 1.72. The summed E-state index contributed by atoms with van der Waals surface area (Å²) in [6.07, 6.45) is 5.86. The van der Waals surface area contributed by atoms with Crippen molar-refractivity contribution < 1.29 is 14.3 Å². The summed E-state index contributed by atoms with van der Waals surface area (Å²) in [6, 6.07) is 0. The Labute approximate surface area is 95.5 Å². The largest absolute Gasteiger partial charge is 0.432 e. The minimum absolute atomic E-state index is 0.0340. The van der Waals surface area contributed by atoms with Crippen molar-refractivity contribution in [1.82, 2.24) is 0 Å². The number of ether oxygens (including phenoxy) is 2. The molecule has 0 aromatic rings. The van der Waals surface area contributed by atoms with Gasteiger partial charge in [-0.05, 0) is 31.1 Å². The highest BCUT2D eigenvalue weighted by Crippen LogP contribution is 2.67. The fourth-order valence-corrected chi connectivity index (χ4v) is 4.74. The van der Waals surface area contributed by atoms with Crippen LogP contribution in [0.25, 0.3) is 0 Å². The van der Waals surface area contributed by atoms with Crippen molar-refractivity contribution in [3.8, 4) is 0 Å². The Morgan fingerprint density at radius 1 is 1.44 bits per heavy atom. The van der Waals surface area contributed by atoms with E-state index in [1.807, 2.05) is 0 Å². The second-order valence-corrected chi connectivity index (χ2v) is 5.94. The minimum atomic E-state index is -0.502. The number of carbonyl (C=O) groups is 1. The molecular formula is C13H18O3. The van der Waals surface area contributed by atoms with Crippen LogP contribution >= 0.6 is 0 Å². The number of hydrogen-bond acceptors (Lipinski definition) is 3. The van der Waals surface area contributed by atoms with Crippen LogP contribution in [0.1, 0.15) is 39.0 Å². The van der Waals surface area contributed by atoms with Crippen LogP contribution < -0.4 is 0 Å². The predicted molar refractivity (Wildman–Crippen MR) is 56.4 cm³/mol. The first kappa shape index (κ1) is 9.46. The van der Waals surface area contributed by atoms with Gasteiger partial charge in [0.25, 0.3) is 0 Å². The van der Waals surface area contributed by atoms with Gasteiger partial charge in [-0.25, -0.2) is 0 Å². The molecule has 3 heteroatoms. The summed E-state index contributed by atoms with van der Waals surface area (Å²) in [5.74, 6) is 1.30. The molecule has 88 valence electrons. The Bertz CT molecular complexity index is 351. The molecule has 6 atom stereocenters. The zero-order valence-corrected chi connectivity index (χ0v) is 9.65. The van der Waals surface area contributed by atoms with E-state index in [0.717, 1.165) is 25.7 Å². The number of esters is 1. The van der Waals surface area contributed by atoms with E-state index < -0.39 is 5.79 Å². The average molecular weight is 222 g/mol. The van der Waals surface area contributed by atoms with Crippen molar-refractivity contribution in [2.24, 2.45) is 23.7 Å². The maximum atomic E-state index is 11.9. The molecule has 2 aliphatic heterocycles. The summed E-state index contributed by atoms with van der Waals surface area (Å²) in [5, 5.41) is 0. The fourth-order valence-electron chi connectivity index (χ4n) is 4.74. The molecule has 2 heterocycles. The van der Waals surface area contributed by atoms with E-state index in [1.165, 1.54) is 6.42 Å².